The number of nitrogens with one attached hydrogen (secondary N) is 1. The molecule has 2 N–H and O–H groups in total. The van der Waals surface area contributed by atoms with Crippen LogP contribution in [0.2, 0.25) is 5.15 Å². The monoisotopic (exact) mass is 314 g/mol. The molecule has 9 heteroatoms. The van der Waals surface area contributed by atoms with Gasteiger partial charge in [-0.2, -0.15) is 0 Å². The summed E-state index contributed by atoms with van der Waals surface area (Å²) < 4.78 is 1.42. The second-order valence-electron chi connectivity index (χ2n) is 4.17. The molecule has 0 aliphatic carbocycles. The lowest BCUT2D eigenvalue weighted by molar-refractivity contribution is 0.0692. The van der Waals surface area contributed by atoms with Crippen LogP contribution in [0.4, 0.5) is 0 Å². The molecule has 0 radical (unpaired) electrons. The molecular formula is C11H11ClN4O3S. The van der Waals surface area contributed by atoms with Crippen molar-refractivity contribution in [1.29, 1.82) is 0 Å². The van der Waals surface area contributed by atoms with E-state index >= 15 is 0 Å². The van der Waals surface area contributed by atoms with Crippen LogP contribution in [0, 0.1) is 0 Å². The quantitative estimate of drug-likeness (QED) is 0.838. The fourth-order valence-electron chi connectivity index (χ4n) is 1.56. The zero-order valence-electron chi connectivity index (χ0n) is 10.6. The van der Waals surface area contributed by atoms with Crippen LogP contribution in [0.15, 0.2) is 27.1 Å². The van der Waals surface area contributed by atoms with Gasteiger partial charge in [-0.05, 0) is 37.7 Å². The number of carboxylic acids is 1. The molecule has 2 aromatic rings. The third-order valence-corrected chi connectivity index (χ3v) is 3.62. The second kappa shape index (κ2) is 5.68. The van der Waals surface area contributed by atoms with Gasteiger partial charge in [-0.1, -0.05) is 11.6 Å². The number of carbonyl (C=O) groups is 1. The van der Waals surface area contributed by atoms with Crippen molar-refractivity contribution >= 4 is 29.3 Å². The molecule has 0 saturated carbocycles. The molecule has 0 atom stereocenters. The molecule has 20 heavy (non-hydrogen) atoms. The van der Waals surface area contributed by atoms with E-state index in [0.29, 0.717) is 5.16 Å². The number of pyridine rings is 1. The maximum atomic E-state index is 11.6. The largest absolute Gasteiger partial charge is 0.478 e. The van der Waals surface area contributed by atoms with E-state index in [2.05, 4.69) is 15.2 Å². The number of hydrogen-bond acceptors (Lipinski definition) is 5. The predicted octanol–water partition coefficient (Wildman–Crippen LogP) is 2.05. The highest BCUT2D eigenvalue weighted by molar-refractivity contribution is 7.99. The molecule has 0 spiro atoms. The fourth-order valence-corrected chi connectivity index (χ4v) is 2.83. The average molecular weight is 315 g/mol. The van der Waals surface area contributed by atoms with Crippen molar-refractivity contribution in [3.63, 3.8) is 0 Å². The first kappa shape index (κ1) is 14.6. The van der Waals surface area contributed by atoms with E-state index in [9.17, 15) is 9.59 Å². The Morgan fingerprint density at radius 3 is 2.80 bits per heavy atom. The number of nitrogens with zero attached hydrogens (tertiary/aromatic N) is 3. The van der Waals surface area contributed by atoms with Crippen molar-refractivity contribution in [2.24, 2.45) is 0 Å². The van der Waals surface area contributed by atoms with Crippen molar-refractivity contribution in [1.82, 2.24) is 19.7 Å². The van der Waals surface area contributed by atoms with Gasteiger partial charge in [0.25, 0.3) is 0 Å². The van der Waals surface area contributed by atoms with Crippen LogP contribution in [0.3, 0.4) is 0 Å². The molecule has 0 unspecified atom stereocenters. The van der Waals surface area contributed by atoms with Crippen molar-refractivity contribution in [2.75, 3.05) is 0 Å². The molecule has 7 nitrogen and oxygen atoms in total. The zero-order chi connectivity index (χ0) is 14.9. The van der Waals surface area contributed by atoms with Gasteiger partial charge in [-0.3, -0.25) is 4.57 Å². The number of carboxylic acid groups (broad SMARTS) is 1. The Balaban J connectivity index is 2.47. The average Bonchev–Trinajstić information content (AvgIpc) is 2.70. The summed E-state index contributed by atoms with van der Waals surface area (Å²) in [7, 11) is 0. The van der Waals surface area contributed by atoms with Crippen LogP contribution in [-0.2, 0) is 0 Å². The smallest absolute Gasteiger partial charge is 0.344 e. The van der Waals surface area contributed by atoms with Crippen LogP contribution >= 0.6 is 23.4 Å². The number of H-pyrrole nitrogens is 1. The number of aromatic amines is 1. The van der Waals surface area contributed by atoms with Crippen LogP contribution < -0.4 is 5.69 Å². The standard InChI is InChI=1S/C11H11ClN4O3S/c1-5(2)16-10(19)14-15-11(16)20-8-6(9(17)18)3-4-7(12)13-8/h3-5H,1-2H3,(H,14,19)(H,17,18). The summed E-state index contributed by atoms with van der Waals surface area (Å²) in [5.74, 6) is -1.12. The number of aromatic carboxylic acids is 1. The first-order valence-corrected chi connectivity index (χ1v) is 6.84. The van der Waals surface area contributed by atoms with Gasteiger partial charge in [0.2, 0.25) is 0 Å². The molecule has 0 amide bonds. The molecule has 0 fully saturated rings. The van der Waals surface area contributed by atoms with Gasteiger partial charge in [0, 0.05) is 6.04 Å². The first-order chi connectivity index (χ1) is 9.40. The van der Waals surface area contributed by atoms with E-state index in [0.717, 1.165) is 11.8 Å². The van der Waals surface area contributed by atoms with Crippen molar-refractivity contribution in [2.45, 2.75) is 30.1 Å². The summed E-state index contributed by atoms with van der Waals surface area (Å²) in [6.45, 7) is 3.65. The van der Waals surface area contributed by atoms with Gasteiger partial charge in [0.1, 0.15) is 10.2 Å². The fraction of sp³-hybridized carbons (Fsp3) is 0.273. The van der Waals surface area contributed by atoms with Crippen LogP contribution in [0.1, 0.15) is 30.2 Å². The second-order valence-corrected chi connectivity index (χ2v) is 5.51. The molecule has 2 aromatic heterocycles. The number of hydrogen-bond donors (Lipinski definition) is 2. The zero-order valence-corrected chi connectivity index (χ0v) is 12.2. The van der Waals surface area contributed by atoms with Crippen LogP contribution in [0.25, 0.3) is 0 Å². The Hall–Kier alpha value is -1.80. The minimum absolute atomic E-state index is 0.00477. The minimum Gasteiger partial charge on any atom is -0.478 e. The van der Waals surface area contributed by atoms with Gasteiger partial charge >= 0.3 is 11.7 Å². The Morgan fingerprint density at radius 2 is 2.20 bits per heavy atom. The third kappa shape index (κ3) is 2.86. The summed E-state index contributed by atoms with van der Waals surface area (Å²) >= 11 is 6.76. The highest BCUT2D eigenvalue weighted by Crippen LogP contribution is 2.29. The molecule has 106 valence electrons. The summed E-state index contributed by atoms with van der Waals surface area (Å²) in [5, 5.41) is 16.0. The van der Waals surface area contributed by atoms with Crippen molar-refractivity contribution in [3.05, 3.63) is 33.3 Å². The van der Waals surface area contributed by atoms with Gasteiger partial charge in [-0.15, -0.1) is 5.10 Å². The van der Waals surface area contributed by atoms with E-state index in [1.807, 2.05) is 13.8 Å². The molecule has 0 aliphatic heterocycles. The van der Waals surface area contributed by atoms with Crippen molar-refractivity contribution in [3.8, 4) is 0 Å². The molecule has 0 aromatic carbocycles. The highest BCUT2D eigenvalue weighted by atomic mass is 35.5. The number of halogens is 1. The van der Waals surface area contributed by atoms with Gasteiger partial charge in [-0.25, -0.2) is 19.7 Å². The Kier molecular flexibility index (Phi) is 4.15. The SMILES string of the molecule is CC(C)n1c(Sc2nc(Cl)ccc2C(=O)O)n[nH]c1=O. The lowest BCUT2D eigenvalue weighted by atomic mass is 10.3. The van der Waals surface area contributed by atoms with Gasteiger partial charge in [0.15, 0.2) is 5.16 Å². The number of aromatic nitrogens is 4. The highest BCUT2D eigenvalue weighted by Gasteiger charge is 2.18. The molecule has 0 bridgehead atoms. The topological polar surface area (TPSA) is 101 Å². The Labute approximate surface area is 123 Å². The summed E-state index contributed by atoms with van der Waals surface area (Å²) in [6.07, 6.45) is 0. The lowest BCUT2D eigenvalue weighted by Crippen LogP contribution is -2.19. The lowest BCUT2D eigenvalue weighted by Gasteiger charge is -2.09. The van der Waals surface area contributed by atoms with Crippen LogP contribution in [0.5, 0.6) is 0 Å². The van der Waals surface area contributed by atoms with E-state index in [-0.39, 0.29) is 27.5 Å². The Bertz CT molecular complexity index is 710. The molecular weight excluding hydrogens is 304 g/mol. The van der Waals surface area contributed by atoms with E-state index in [4.69, 9.17) is 16.7 Å². The summed E-state index contributed by atoms with van der Waals surface area (Å²) in [6, 6.07) is 2.65. The Morgan fingerprint density at radius 1 is 1.50 bits per heavy atom. The van der Waals surface area contributed by atoms with Crippen molar-refractivity contribution < 1.29 is 9.90 Å². The van der Waals surface area contributed by atoms with E-state index < -0.39 is 5.97 Å². The maximum Gasteiger partial charge on any atom is 0.344 e. The predicted molar refractivity (Wildman–Crippen MR) is 73.6 cm³/mol. The van der Waals surface area contributed by atoms with Gasteiger partial charge in [0.05, 0.1) is 5.56 Å². The molecule has 2 rings (SSSR count). The molecule has 0 saturated heterocycles. The normalized spacial score (nSPS) is 11.0. The van der Waals surface area contributed by atoms with E-state index in [1.54, 1.807) is 0 Å². The summed E-state index contributed by atoms with van der Waals surface area (Å²) in [5.41, 5.74) is -0.355. The number of rotatable bonds is 4. The van der Waals surface area contributed by atoms with Crippen LogP contribution in [-0.4, -0.2) is 30.8 Å². The third-order valence-electron chi connectivity index (χ3n) is 2.43. The maximum absolute atomic E-state index is 11.6. The molecule has 2 heterocycles. The van der Waals surface area contributed by atoms with Gasteiger partial charge < -0.3 is 5.11 Å². The first-order valence-electron chi connectivity index (χ1n) is 5.64. The molecule has 0 aliphatic rings. The minimum atomic E-state index is -1.12. The van der Waals surface area contributed by atoms with E-state index in [1.165, 1.54) is 16.7 Å². The summed E-state index contributed by atoms with van der Waals surface area (Å²) in [4.78, 5) is 26.8.